The van der Waals surface area contributed by atoms with Crippen molar-refractivity contribution < 1.29 is 17.9 Å². The maximum atomic E-state index is 11.3. The molecule has 1 heterocycles. The molecule has 0 aromatic rings. The van der Waals surface area contributed by atoms with Crippen LogP contribution in [-0.4, -0.2) is 32.0 Å². The Balaban J connectivity index is 2.64. The standard InChI is InChI=1S/C9H12O4S/c1-2-13-9(10)6-5-8-4-3-7-14(8,11)12/h8H,2-4,7H2,1H3. The Bertz CT molecular complexity index is 371. The lowest BCUT2D eigenvalue weighted by Gasteiger charge is -1.97. The number of hydrogen-bond donors (Lipinski definition) is 0. The number of rotatable bonds is 1. The van der Waals surface area contributed by atoms with E-state index in [0.29, 0.717) is 12.8 Å². The quantitative estimate of drug-likeness (QED) is 0.355. The van der Waals surface area contributed by atoms with E-state index in [1.165, 1.54) is 0 Å². The summed E-state index contributed by atoms with van der Waals surface area (Å²) in [7, 11) is -3.08. The van der Waals surface area contributed by atoms with E-state index in [-0.39, 0.29) is 12.4 Å². The average Bonchev–Trinajstić information content (AvgIpc) is 2.42. The first-order valence-corrected chi connectivity index (χ1v) is 6.17. The van der Waals surface area contributed by atoms with E-state index in [9.17, 15) is 13.2 Å². The number of hydrogen-bond acceptors (Lipinski definition) is 4. The van der Waals surface area contributed by atoms with Gasteiger partial charge in [0.2, 0.25) is 0 Å². The van der Waals surface area contributed by atoms with Gasteiger partial charge in [-0.2, -0.15) is 0 Å². The largest absolute Gasteiger partial charge is 0.456 e. The lowest BCUT2D eigenvalue weighted by Crippen LogP contribution is -2.14. The molecular weight excluding hydrogens is 204 g/mol. The van der Waals surface area contributed by atoms with E-state index in [1.807, 2.05) is 0 Å². The number of sulfone groups is 1. The van der Waals surface area contributed by atoms with Gasteiger partial charge in [-0.25, -0.2) is 13.2 Å². The Morgan fingerprint density at radius 1 is 1.57 bits per heavy atom. The molecule has 1 rings (SSSR count). The third kappa shape index (κ3) is 2.74. The van der Waals surface area contributed by atoms with Crippen LogP contribution in [0.5, 0.6) is 0 Å². The summed E-state index contributed by atoms with van der Waals surface area (Å²) in [5.74, 6) is 4.15. The van der Waals surface area contributed by atoms with Gasteiger partial charge in [-0.3, -0.25) is 0 Å². The molecule has 0 N–H and O–H groups in total. The first-order valence-electron chi connectivity index (χ1n) is 4.46. The number of esters is 1. The molecule has 0 aromatic carbocycles. The lowest BCUT2D eigenvalue weighted by molar-refractivity contribution is -0.136. The van der Waals surface area contributed by atoms with Crippen molar-refractivity contribution in [2.45, 2.75) is 25.0 Å². The highest BCUT2D eigenvalue weighted by Gasteiger charge is 2.29. The predicted octanol–water partition coefficient (Wildman–Crippen LogP) is 0.130. The lowest BCUT2D eigenvalue weighted by atomic mass is 10.2. The molecule has 1 aliphatic rings. The van der Waals surface area contributed by atoms with E-state index in [0.717, 1.165) is 0 Å². The van der Waals surface area contributed by atoms with E-state index < -0.39 is 21.1 Å². The summed E-state index contributed by atoms with van der Waals surface area (Å²) in [5, 5.41) is -0.674. The van der Waals surface area contributed by atoms with E-state index in [4.69, 9.17) is 0 Å². The zero-order chi connectivity index (χ0) is 10.6. The van der Waals surface area contributed by atoms with Gasteiger partial charge < -0.3 is 4.74 Å². The molecule has 0 aliphatic carbocycles. The summed E-state index contributed by atoms with van der Waals surface area (Å²) in [6, 6.07) is 0. The van der Waals surface area contributed by atoms with Crippen LogP contribution in [0.2, 0.25) is 0 Å². The summed E-state index contributed by atoms with van der Waals surface area (Å²) in [6.45, 7) is 1.93. The average molecular weight is 216 g/mol. The number of carbonyl (C=O) groups is 1. The maximum Gasteiger partial charge on any atom is 0.384 e. The summed E-state index contributed by atoms with van der Waals surface area (Å²) in [5.41, 5.74) is 0. The molecule has 1 fully saturated rings. The molecule has 78 valence electrons. The van der Waals surface area contributed by atoms with Gasteiger partial charge in [0.25, 0.3) is 0 Å². The number of carbonyl (C=O) groups excluding carboxylic acids is 1. The van der Waals surface area contributed by atoms with Crippen molar-refractivity contribution in [3.8, 4) is 11.8 Å². The third-order valence-electron chi connectivity index (χ3n) is 1.94. The van der Waals surface area contributed by atoms with Crippen molar-refractivity contribution >= 4 is 15.8 Å². The van der Waals surface area contributed by atoms with Crippen LogP contribution in [0.3, 0.4) is 0 Å². The Labute approximate surface area is 83.6 Å². The van der Waals surface area contributed by atoms with Gasteiger partial charge in [0.1, 0.15) is 5.25 Å². The Morgan fingerprint density at radius 2 is 2.29 bits per heavy atom. The van der Waals surface area contributed by atoms with Crippen LogP contribution in [0.25, 0.3) is 0 Å². The zero-order valence-corrected chi connectivity index (χ0v) is 8.76. The van der Waals surface area contributed by atoms with E-state index in [2.05, 4.69) is 16.6 Å². The van der Waals surface area contributed by atoms with Crippen molar-refractivity contribution in [3.63, 3.8) is 0 Å². The van der Waals surface area contributed by atoms with Gasteiger partial charge >= 0.3 is 5.97 Å². The monoisotopic (exact) mass is 216 g/mol. The summed E-state index contributed by atoms with van der Waals surface area (Å²) >= 11 is 0. The van der Waals surface area contributed by atoms with Crippen molar-refractivity contribution in [1.82, 2.24) is 0 Å². The molecule has 0 aromatic heterocycles. The first kappa shape index (κ1) is 11.1. The van der Waals surface area contributed by atoms with Gasteiger partial charge in [-0.05, 0) is 19.8 Å². The van der Waals surface area contributed by atoms with Gasteiger partial charge in [-0.15, -0.1) is 0 Å². The molecule has 1 aliphatic heterocycles. The normalized spacial score (nSPS) is 23.6. The van der Waals surface area contributed by atoms with Crippen LogP contribution < -0.4 is 0 Å². The Hall–Kier alpha value is -1.02. The molecular formula is C9H12O4S. The molecule has 0 saturated carbocycles. The van der Waals surface area contributed by atoms with Crippen molar-refractivity contribution in [2.24, 2.45) is 0 Å². The topological polar surface area (TPSA) is 60.4 Å². The van der Waals surface area contributed by atoms with Crippen LogP contribution in [0.1, 0.15) is 19.8 Å². The van der Waals surface area contributed by atoms with Crippen LogP contribution >= 0.6 is 0 Å². The molecule has 5 heteroatoms. The van der Waals surface area contributed by atoms with E-state index >= 15 is 0 Å². The predicted molar refractivity (Wildman–Crippen MR) is 51.2 cm³/mol. The van der Waals surface area contributed by atoms with Gasteiger partial charge in [0, 0.05) is 5.92 Å². The van der Waals surface area contributed by atoms with Crippen LogP contribution in [0.4, 0.5) is 0 Å². The Kier molecular flexibility index (Phi) is 3.53. The molecule has 0 radical (unpaired) electrons. The molecule has 1 atom stereocenters. The third-order valence-corrected chi connectivity index (χ3v) is 4.02. The molecule has 14 heavy (non-hydrogen) atoms. The maximum absolute atomic E-state index is 11.3. The smallest absolute Gasteiger partial charge is 0.384 e. The second-order valence-corrected chi connectivity index (χ2v) is 5.29. The fourth-order valence-corrected chi connectivity index (χ4v) is 2.88. The summed E-state index contributed by atoms with van der Waals surface area (Å²) in [6.07, 6.45) is 1.15. The minimum absolute atomic E-state index is 0.176. The highest BCUT2D eigenvalue weighted by Crippen LogP contribution is 2.18. The fraction of sp³-hybridized carbons (Fsp3) is 0.667. The molecule has 0 amide bonds. The Morgan fingerprint density at radius 3 is 2.79 bits per heavy atom. The van der Waals surface area contributed by atoms with Crippen molar-refractivity contribution in [1.29, 1.82) is 0 Å². The highest BCUT2D eigenvalue weighted by molar-refractivity contribution is 7.92. The molecule has 0 spiro atoms. The van der Waals surface area contributed by atoms with Gasteiger partial charge in [-0.1, -0.05) is 5.92 Å². The number of ether oxygens (including phenoxy) is 1. The van der Waals surface area contributed by atoms with Crippen LogP contribution in [0.15, 0.2) is 0 Å². The van der Waals surface area contributed by atoms with Crippen LogP contribution in [-0.2, 0) is 19.4 Å². The molecule has 1 unspecified atom stereocenters. The fourth-order valence-electron chi connectivity index (χ4n) is 1.26. The minimum Gasteiger partial charge on any atom is -0.456 e. The van der Waals surface area contributed by atoms with E-state index in [1.54, 1.807) is 6.92 Å². The summed E-state index contributed by atoms with van der Waals surface area (Å²) in [4.78, 5) is 10.8. The minimum atomic E-state index is -3.08. The highest BCUT2D eigenvalue weighted by atomic mass is 32.2. The first-order chi connectivity index (χ1) is 6.56. The van der Waals surface area contributed by atoms with Crippen LogP contribution in [0, 0.1) is 11.8 Å². The molecule has 1 saturated heterocycles. The van der Waals surface area contributed by atoms with Gasteiger partial charge in [0.05, 0.1) is 12.4 Å². The zero-order valence-electron chi connectivity index (χ0n) is 7.95. The molecule has 4 nitrogen and oxygen atoms in total. The second kappa shape index (κ2) is 4.47. The van der Waals surface area contributed by atoms with Gasteiger partial charge in [0.15, 0.2) is 9.84 Å². The van der Waals surface area contributed by atoms with Crippen molar-refractivity contribution in [3.05, 3.63) is 0 Å². The SMILES string of the molecule is CCOC(=O)C#CC1CCCS1(=O)=O. The summed E-state index contributed by atoms with van der Waals surface area (Å²) < 4.78 is 27.1. The van der Waals surface area contributed by atoms with Crippen molar-refractivity contribution in [2.75, 3.05) is 12.4 Å². The second-order valence-electron chi connectivity index (χ2n) is 2.99. The molecule has 0 bridgehead atoms.